The first-order valence-corrected chi connectivity index (χ1v) is 14.6. The Balaban J connectivity index is 1.29. The summed E-state index contributed by atoms with van der Waals surface area (Å²) in [4.78, 5) is 17.6. The highest BCUT2D eigenvalue weighted by molar-refractivity contribution is 7.90. The van der Waals surface area contributed by atoms with E-state index in [0.717, 1.165) is 43.2 Å². The molecule has 0 N–H and O–H groups in total. The maximum atomic E-state index is 13.2. The van der Waals surface area contributed by atoms with Gasteiger partial charge in [-0.05, 0) is 25.1 Å². The highest BCUT2D eigenvalue weighted by atomic mass is 32.2. The van der Waals surface area contributed by atoms with Gasteiger partial charge in [0.05, 0.1) is 29.7 Å². The number of benzene rings is 3. The van der Waals surface area contributed by atoms with Crippen molar-refractivity contribution in [2.45, 2.75) is 12.7 Å². The maximum Gasteiger partial charge on any atom is 0.196 e. The third-order valence-electron chi connectivity index (χ3n) is 7.15. The topological polar surface area (TPSA) is 80.1 Å². The van der Waals surface area contributed by atoms with Crippen molar-refractivity contribution in [3.05, 3.63) is 94.1 Å². The standard InChI is InChI=1S/C30H32N2O5S/c1-22-28(33)25-12-8-11-24(30(25)37-29(22)23-9-4-3-5-10-23)21-38(34,35)20-19-31-15-17-32(18-16-31)26-13-6-7-14-27(26)36-2/h3-14H,15-21H2,1-2H3. The molecule has 0 saturated carbocycles. The van der Waals surface area contributed by atoms with Gasteiger partial charge in [0.2, 0.25) is 0 Å². The summed E-state index contributed by atoms with van der Waals surface area (Å²) in [6, 6.07) is 22.5. The van der Waals surface area contributed by atoms with Gasteiger partial charge in [0.1, 0.15) is 17.1 Å². The first-order valence-electron chi connectivity index (χ1n) is 12.8. The zero-order valence-corrected chi connectivity index (χ0v) is 22.5. The Kier molecular flexibility index (Phi) is 7.53. The van der Waals surface area contributed by atoms with Crippen LogP contribution in [0.5, 0.6) is 5.75 Å². The van der Waals surface area contributed by atoms with E-state index in [1.165, 1.54) is 0 Å². The smallest absolute Gasteiger partial charge is 0.196 e. The van der Waals surface area contributed by atoms with Crippen LogP contribution >= 0.6 is 0 Å². The third-order valence-corrected chi connectivity index (χ3v) is 8.71. The van der Waals surface area contributed by atoms with Crippen molar-refractivity contribution in [2.75, 3.05) is 50.5 Å². The second-order valence-corrected chi connectivity index (χ2v) is 11.8. The molecule has 0 spiro atoms. The van der Waals surface area contributed by atoms with Gasteiger partial charge in [0.15, 0.2) is 15.3 Å². The molecule has 8 heteroatoms. The van der Waals surface area contributed by atoms with E-state index >= 15 is 0 Å². The van der Waals surface area contributed by atoms with Gasteiger partial charge in [-0.1, -0.05) is 54.6 Å². The summed E-state index contributed by atoms with van der Waals surface area (Å²) in [5.74, 6) is 1.18. The monoisotopic (exact) mass is 532 g/mol. The average molecular weight is 533 g/mol. The SMILES string of the molecule is COc1ccccc1N1CCN(CCS(=O)(=O)Cc2cccc3c(=O)c(C)c(-c4ccccc4)oc23)CC1. The molecule has 1 aliphatic rings. The predicted octanol–water partition coefficient (Wildman–Crippen LogP) is 4.51. The quantitative estimate of drug-likeness (QED) is 0.330. The zero-order valence-electron chi connectivity index (χ0n) is 21.7. The van der Waals surface area contributed by atoms with Crippen LogP contribution in [0.25, 0.3) is 22.3 Å². The Morgan fingerprint density at radius 3 is 2.34 bits per heavy atom. The second-order valence-electron chi connectivity index (χ2n) is 9.64. The van der Waals surface area contributed by atoms with E-state index in [9.17, 15) is 13.2 Å². The Morgan fingerprint density at radius 1 is 0.895 bits per heavy atom. The van der Waals surface area contributed by atoms with E-state index in [1.807, 2.05) is 54.6 Å². The molecule has 4 aromatic rings. The highest BCUT2D eigenvalue weighted by Gasteiger charge is 2.23. The van der Waals surface area contributed by atoms with E-state index in [4.69, 9.17) is 9.15 Å². The van der Waals surface area contributed by atoms with Crippen LogP contribution in [0.1, 0.15) is 11.1 Å². The minimum Gasteiger partial charge on any atom is -0.495 e. The molecule has 0 atom stereocenters. The molecule has 2 heterocycles. The van der Waals surface area contributed by atoms with E-state index in [1.54, 1.807) is 32.2 Å². The van der Waals surface area contributed by atoms with Crippen LogP contribution in [-0.2, 0) is 15.6 Å². The lowest BCUT2D eigenvalue weighted by molar-refractivity contribution is 0.271. The van der Waals surface area contributed by atoms with Gasteiger partial charge in [-0.2, -0.15) is 0 Å². The van der Waals surface area contributed by atoms with Crippen LogP contribution in [0.2, 0.25) is 0 Å². The van der Waals surface area contributed by atoms with Crippen LogP contribution in [0.4, 0.5) is 5.69 Å². The molecular weight excluding hydrogens is 500 g/mol. The van der Waals surface area contributed by atoms with E-state index in [-0.39, 0.29) is 16.9 Å². The van der Waals surface area contributed by atoms with Gasteiger partial charge < -0.3 is 14.1 Å². The number of nitrogens with zero attached hydrogens (tertiary/aromatic N) is 2. The summed E-state index contributed by atoms with van der Waals surface area (Å²) in [6.07, 6.45) is 0. The molecule has 0 amide bonds. The summed E-state index contributed by atoms with van der Waals surface area (Å²) in [7, 11) is -1.77. The molecule has 5 rings (SSSR count). The number of hydrogen-bond donors (Lipinski definition) is 0. The molecule has 0 unspecified atom stereocenters. The number of sulfone groups is 1. The number of para-hydroxylation sites is 3. The average Bonchev–Trinajstić information content (AvgIpc) is 2.95. The minimum absolute atomic E-state index is 0.0414. The molecule has 1 aliphatic heterocycles. The van der Waals surface area contributed by atoms with Crippen LogP contribution in [0.3, 0.4) is 0 Å². The van der Waals surface area contributed by atoms with Crippen molar-refractivity contribution in [1.29, 1.82) is 0 Å². The molecular formula is C30H32N2O5S. The summed E-state index contributed by atoms with van der Waals surface area (Å²) in [5.41, 5.74) is 3.07. The van der Waals surface area contributed by atoms with Crippen LogP contribution in [0, 0.1) is 6.92 Å². The summed E-state index contributed by atoms with van der Waals surface area (Å²) in [6.45, 7) is 5.36. The normalized spacial score (nSPS) is 14.6. The van der Waals surface area contributed by atoms with Gasteiger partial charge in [-0.25, -0.2) is 8.42 Å². The zero-order chi connectivity index (χ0) is 26.7. The van der Waals surface area contributed by atoms with E-state index in [0.29, 0.717) is 34.4 Å². The molecule has 38 heavy (non-hydrogen) atoms. The van der Waals surface area contributed by atoms with Crippen molar-refractivity contribution in [3.8, 4) is 17.1 Å². The third kappa shape index (κ3) is 5.47. The number of anilines is 1. The molecule has 1 fully saturated rings. The molecule has 3 aromatic carbocycles. The van der Waals surface area contributed by atoms with Crippen molar-refractivity contribution in [2.24, 2.45) is 0 Å². The maximum absolute atomic E-state index is 13.2. The fraction of sp³-hybridized carbons (Fsp3) is 0.300. The second kappa shape index (κ2) is 11.0. The van der Waals surface area contributed by atoms with Crippen LogP contribution in [0.15, 0.2) is 82.0 Å². The van der Waals surface area contributed by atoms with Gasteiger partial charge >= 0.3 is 0 Å². The minimum atomic E-state index is -3.44. The Labute approximate surface area is 223 Å². The Morgan fingerprint density at radius 2 is 1.61 bits per heavy atom. The van der Waals surface area contributed by atoms with Crippen LogP contribution in [-0.4, -0.2) is 58.9 Å². The summed E-state index contributed by atoms with van der Waals surface area (Å²) in [5, 5.41) is 0.405. The molecule has 0 radical (unpaired) electrons. The van der Waals surface area contributed by atoms with Gasteiger partial charge in [0.25, 0.3) is 0 Å². The molecule has 7 nitrogen and oxygen atoms in total. The number of rotatable bonds is 8. The Bertz CT molecular complexity index is 1590. The summed E-state index contributed by atoms with van der Waals surface area (Å²) >= 11 is 0. The van der Waals surface area contributed by atoms with Crippen molar-refractivity contribution < 1.29 is 17.6 Å². The first kappa shape index (κ1) is 26.0. The first-order chi connectivity index (χ1) is 18.4. The lowest BCUT2D eigenvalue weighted by atomic mass is 10.0. The number of piperazine rings is 1. The lowest BCUT2D eigenvalue weighted by Gasteiger charge is -2.36. The fourth-order valence-corrected chi connectivity index (χ4v) is 6.41. The summed E-state index contributed by atoms with van der Waals surface area (Å²) < 4.78 is 38.1. The van der Waals surface area contributed by atoms with E-state index in [2.05, 4.69) is 9.80 Å². The van der Waals surface area contributed by atoms with Gasteiger partial charge in [-0.15, -0.1) is 0 Å². The largest absolute Gasteiger partial charge is 0.495 e. The Hall–Kier alpha value is -3.62. The van der Waals surface area contributed by atoms with Gasteiger partial charge in [0, 0.05) is 49.4 Å². The predicted molar refractivity (Wildman–Crippen MR) is 152 cm³/mol. The van der Waals surface area contributed by atoms with Crippen LogP contribution < -0.4 is 15.1 Å². The lowest BCUT2D eigenvalue weighted by Crippen LogP contribution is -2.47. The molecule has 1 aromatic heterocycles. The molecule has 0 aliphatic carbocycles. The van der Waals surface area contributed by atoms with Gasteiger partial charge in [-0.3, -0.25) is 9.69 Å². The molecule has 198 valence electrons. The molecule has 1 saturated heterocycles. The fourth-order valence-electron chi connectivity index (χ4n) is 5.03. The number of methoxy groups -OCH3 is 1. The van der Waals surface area contributed by atoms with Crippen molar-refractivity contribution >= 4 is 26.5 Å². The number of fused-ring (bicyclic) bond motifs is 1. The number of hydrogen-bond acceptors (Lipinski definition) is 7. The van der Waals surface area contributed by atoms with E-state index < -0.39 is 9.84 Å². The van der Waals surface area contributed by atoms with Crippen molar-refractivity contribution in [3.63, 3.8) is 0 Å². The van der Waals surface area contributed by atoms with Crippen molar-refractivity contribution in [1.82, 2.24) is 4.90 Å². The molecule has 0 bridgehead atoms. The number of ether oxygens (including phenoxy) is 1. The highest BCUT2D eigenvalue weighted by Crippen LogP contribution is 2.29.